The van der Waals surface area contributed by atoms with Gasteiger partial charge in [-0.2, -0.15) is 4.31 Å². The maximum absolute atomic E-state index is 13.8. The number of primary sulfonamides is 1. The molecule has 2 unspecified atom stereocenters. The van der Waals surface area contributed by atoms with Gasteiger partial charge in [-0.05, 0) is 114 Å². The lowest BCUT2D eigenvalue weighted by atomic mass is 9.85. The Bertz CT molecular complexity index is 3260. The van der Waals surface area contributed by atoms with Crippen molar-refractivity contribution in [3.8, 4) is 0 Å². The summed E-state index contributed by atoms with van der Waals surface area (Å²) in [7, 11) is -12.2. The predicted octanol–water partition coefficient (Wildman–Crippen LogP) is 6.15. The van der Waals surface area contributed by atoms with Crippen LogP contribution in [0.3, 0.4) is 0 Å². The Labute approximate surface area is 501 Å². The second-order valence-corrected chi connectivity index (χ2v) is 28.2. The van der Waals surface area contributed by atoms with E-state index in [2.05, 4.69) is 19.2 Å². The van der Waals surface area contributed by atoms with Gasteiger partial charge >= 0.3 is 0 Å². The van der Waals surface area contributed by atoms with Gasteiger partial charge < -0.3 is 38.2 Å². The maximum Gasteiger partial charge on any atom is 0.243 e. The first kappa shape index (κ1) is 66.1. The summed E-state index contributed by atoms with van der Waals surface area (Å²) in [6.45, 7) is 3.80. The number of likely N-dealkylation sites (N-methyl/N-ethyl adjacent to an activating group) is 2. The highest BCUT2D eigenvalue weighted by Crippen LogP contribution is 2.40. The monoisotopic (exact) mass is 1290 g/mol. The molecule has 0 amide bonds. The largest absolute Gasteiger partial charge is 0.378 e. The molecule has 0 saturated carbocycles. The number of sulfonamides is 4. The number of hydrogen-bond donors (Lipinski definition) is 3. The van der Waals surface area contributed by atoms with Gasteiger partial charge in [-0.15, -0.1) is 0 Å². The average molecular weight is 1300 g/mol. The van der Waals surface area contributed by atoms with Crippen LogP contribution in [0.1, 0.15) is 45.2 Å². The van der Waals surface area contributed by atoms with E-state index < -0.39 is 40.1 Å². The molecule has 2 aliphatic heterocycles. The molecule has 0 fully saturated rings. The summed E-state index contributed by atoms with van der Waals surface area (Å²) in [5.74, 6) is -0.260. The van der Waals surface area contributed by atoms with Crippen LogP contribution in [0.25, 0.3) is 0 Å². The van der Waals surface area contributed by atoms with Crippen molar-refractivity contribution in [3.63, 3.8) is 0 Å². The molecule has 2 atom stereocenters. The maximum atomic E-state index is 13.8. The fourth-order valence-electron chi connectivity index (χ4n) is 9.45. The van der Waals surface area contributed by atoms with Crippen LogP contribution in [0.5, 0.6) is 0 Å². The molecule has 82 heavy (non-hydrogen) atoms. The molecule has 20 nitrogen and oxygen atoms in total. The normalized spacial score (nSPS) is 16.4. The number of hydrogen-bond acceptors (Lipinski definition) is 16. The minimum atomic E-state index is -4.25. The fourth-order valence-corrected chi connectivity index (χ4v) is 14.8. The highest BCUT2D eigenvalue weighted by atomic mass is 35.5. The van der Waals surface area contributed by atoms with E-state index in [0.717, 1.165) is 43.8 Å². The molecular weight excluding hydrogens is 1230 g/mol. The van der Waals surface area contributed by atoms with Crippen molar-refractivity contribution in [1.29, 1.82) is 0 Å². The fraction of sp³-hybridized carbons (Fsp3) is 0.444. The van der Waals surface area contributed by atoms with Crippen LogP contribution in [0.4, 0.5) is 0 Å². The zero-order chi connectivity index (χ0) is 59.1. The highest BCUT2D eigenvalue weighted by molar-refractivity contribution is 7.90. The molecule has 0 bridgehead atoms. The molecule has 5 aromatic carbocycles. The van der Waals surface area contributed by atoms with Crippen LogP contribution >= 0.6 is 46.4 Å². The predicted molar refractivity (Wildman–Crippen MR) is 314 cm³/mol. The molecule has 7 rings (SSSR count). The van der Waals surface area contributed by atoms with E-state index >= 15 is 0 Å². The Balaban J connectivity index is 0.764. The molecule has 0 spiro atoms. The molecule has 0 aromatic heterocycles. The summed E-state index contributed by atoms with van der Waals surface area (Å²) in [6.07, 6.45) is 0. The zero-order valence-electron chi connectivity index (χ0n) is 45.3. The van der Waals surface area contributed by atoms with Crippen molar-refractivity contribution in [2.45, 2.75) is 44.5 Å². The van der Waals surface area contributed by atoms with Crippen LogP contribution in [-0.2, 0) is 81.6 Å². The lowest BCUT2D eigenvalue weighted by Crippen LogP contribution is -2.37. The number of nitrogens with zero attached hydrogens (tertiary/aromatic N) is 3. The standard InChI is InChI=1S/C54H68Cl4N6O14S4/c1-62-35-49(47-30-41(55)32-53(57)51(47)37-62)39-6-3-9-44(28-39)80(67,68)60-12-16-73-20-24-77-26-22-75-18-14-64(82(71,72)46-11-5-8-43(34-46)79(59,65)66)15-19-76-23-27-78-25-21-74-17-13-61-81(69,70)45-10-4-7-40(29-45)50-36-63(2)38-52-48(50)31-42(56)33-54(52)58/h3-11,28-34,49-50,60-61H,12-27,35-38H2,1-2H3,(H2,59,65,66). The minimum absolute atomic E-state index is 0.0241. The van der Waals surface area contributed by atoms with E-state index in [4.69, 9.17) is 80.0 Å². The van der Waals surface area contributed by atoms with Crippen molar-refractivity contribution in [1.82, 2.24) is 23.5 Å². The number of rotatable bonds is 33. The number of halogens is 4. The summed E-state index contributed by atoms with van der Waals surface area (Å²) in [4.78, 5) is 3.85. The number of nitrogens with two attached hydrogens (primary N) is 1. The Morgan fingerprint density at radius 2 is 0.854 bits per heavy atom. The van der Waals surface area contributed by atoms with Crippen LogP contribution in [0, 0.1) is 0 Å². The Hall–Kier alpha value is -3.42. The van der Waals surface area contributed by atoms with Crippen molar-refractivity contribution in [2.75, 3.05) is 133 Å². The average Bonchev–Trinajstić information content (AvgIpc) is 3.62. The van der Waals surface area contributed by atoms with Crippen molar-refractivity contribution in [2.24, 2.45) is 5.14 Å². The Kier molecular flexibility index (Phi) is 24.8. The molecule has 2 heterocycles. The van der Waals surface area contributed by atoms with E-state index in [1.807, 2.05) is 38.4 Å². The minimum Gasteiger partial charge on any atom is -0.378 e. The van der Waals surface area contributed by atoms with Gasteiger partial charge in [-0.3, -0.25) is 0 Å². The van der Waals surface area contributed by atoms with E-state index in [9.17, 15) is 33.7 Å². The van der Waals surface area contributed by atoms with Gasteiger partial charge in [-0.1, -0.05) is 76.7 Å². The van der Waals surface area contributed by atoms with Crippen LogP contribution in [0.2, 0.25) is 20.1 Å². The number of benzene rings is 5. The first-order valence-electron chi connectivity index (χ1n) is 26.1. The quantitative estimate of drug-likeness (QED) is 0.0399. The second kappa shape index (κ2) is 30.8. The first-order chi connectivity index (χ1) is 39.0. The molecule has 0 aliphatic carbocycles. The van der Waals surface area contributed by atoms with E-state index in [-0.39, 0.29) is 137 Å². The zero-order valence-corrected chi connectivity index (χ0v) is 51.6. The van der Waals surface area contributed by atoms with Gasteiger partial charge in [0.2, 0.25) is 40.1 Å². The Morgan fingerprint density at radius 3 is 1.27 bits per heavy atom. The van der Waals surface area contributed by atoms with Gasteiger partial charge in [0.05, 0.1) is 98.9 Å². The van der Waals surface area contributed by atoms with E-state index in [1.165, 1.54) is 30.3 Å². The van der Waals surface area contributed by atoms with Crippen LogP contribution < -0.4 is 14.6 Å². The number of ether oxygens (including phenoxy) is 6. The molecular formula is C54H68Cl4N6O14S4. The molecule has 450 valence electrons. The molecule has 0 radical (unpaired) electrons. The van der Waals surface area contributed by atoms with Crippen molar-refractivity contribution in [3.05, 3.63) is 151 Å². The SMILES string of the molecule is CN1Cc2c(Cl)cc(Cl)cc2C(c2cccc(S(=O)(=O)NCCOCCOCCOCCN(CCOCCOCCOCCNS(=O)(=O)c3cccc(C4CN(C)Cc5c(Cl)cc(Cl)cc54)c3)S(=O)(=O)c3cccc(S(N)(=O)=O)c3)c2)C1. The smallest absolute Gasteiger partial charge is 0.243 e. The number of nitrogens with one attached hydrogen (secondary N) is 2. The van der Waals surface area contributed by atoms with E-state index in [0.29, 0.717) is 46.3 Å². The molecule has 2 aliphatic rings. The Morgan fingerprint density at radius 1 is 0.488 bits per heavy atom. The molecule has 28 heteroatoms. The lowest BCUT2D eigenvalue weighted by molar-refractivity contribution is 0.00895. The second-order valence-electron chi connectivity index (χ2n) is 19.4. The molecule has 0 saturated heterocycles. The molecule has 5 aromatic rings. The van der Waals surface area contributed by atoms with Crippen LogP contribution in [0.15, 0.2) is 117 Å². The van der Waals surface area contributed by atoms with Gasteiger partial charge in [0.15, 0.2) is 0 Å². The topological polar surface area (TPSA) is 252 Å². The highest BCUT2D eigenvalue weighted by Gasteiger charge is 2.31. The van der Waals surface area contributed by atoms with Gasteiger partial charge in [0, 0.05) is 84.3 Å². The summed E-state index contributed by atoms with van der Waals surface area (Å²) in [5, 5.41) is 7.46. The molecule has 4 N–H and O–H groups in total. The van der Waals surface area contributed by atoms with Gasteiger partial charge in [-0.25, -0.2) is 48.3 Å². The lowest BCUT2D eigenvalue weighted by Gasteiger charge is -2.33. The van der Waals surface area contributed by atoms with Gasteiger partial charge in [0.1, 0.15) is 0 Å². The summed E-state index contributed by atoms with van der Waals surface area (Å²) < 4.78 is 145. The van der Waals surface area contributed by atoms with Crippen molar-refractivity contribution < 1.29 is 62.1 Å². The third-order valence-electron chi connectivity index (χ3n) is 13.4. The van der Waals surface area contributed by atoms with E-state index in [1.54, 1.807) is 36.4 Å². The third kappa shape index (κ3) is 18.8. The first-order valence-corrected chi connectivity index (χ1v) is 33.6. The van der Waals surface area contributed by atoms with Gasteiger partial charge in [0.25, 0.3) is 0 Å². The summed E-state index contributed by atoms with van der Waals surface area (Å²) >= 11 is 25.8. The summed E-state index contributed by atoms with van der Waals surface area (Å²) in [6, 6.07) is 25.6. The third-order valence-corrected chi connectivity index (χ3v) is 20.3. The number of fused-ring (bicyclic) bond motifs is 2. The summed E-state index contributed by atoms with van der Waals surface area (Å²) in [5.41, 5.74) is 5.51. The van der Waals surface area contributed by atoms with Crippen molar-refractivity contribution >= 4 is 86.5 Å². The van der Waals surface area contributed by atoms with Crippen LogP contribution in [-0.4, -0.2) is 180 Å².